The third-order valence-electron chi connectivity index (χ3n) is 2.45. The van der Waals surface area contributed by atoms with Crippen LogP contribution in [0.1, 0.15) is 20.3 Å². The smallest absolute Gasteiger partial charge is 0.260 e. The zero-order chi connectivity index (χ0) is 15.3. The van der Waals surface area contributed by atoms with Crippen molar-refractivity contribution in [3.05, 3.63) is 23.2 Å². The second-order valence-electron chi connectivity index (χ2n) is 4.19. The molecule has 112 valence electrons. The van der Waals surface area contributed by atoms with Crippen LogP contribution in [0, 0.1) is 0 Å². The molecule has 0 aliphatic heterocycles. The Bertz CT molecular complexity index is 589. The van der Waals surface area contributed by atoms with Crippen LogP contribution < -0.4 is 15.2 Å². The summed E-state index contributed by atoms with van der Waals surface area (Å²) in [7, 11) is -3.82. The fraction of sp³-hybridized carbons (Fsp3) is 0.417. The molecule has 0 bridgehead atoms. The number of amides is 1. The van der Waals surface area contributed by atoms with Crippen LogP contribution in [-0.2, 0) is 14.8 Å². The van der Waals surface area contributed by atoms with Gasteiger partial charge in [0.05, 0.1) is 9.92 Å². The lowest BCUT2D eigenvalue weighted by Crippen LogP contribution is -2.36. The predicted molar refractivity (Wildman–Crippen MR) is 76.2 cm³/mol. The maximum absolute atomic E-state index is 11.6. The van der Waals surface area contributed by atoms with E-state index in [9.17, 15) is 13.2 Å². The first-order chi connectivity index (χ1) is 9.25. The van der Waals surface area contributed by atoms with Crippen molar-refractivity contribution in [2.24, 2.45) is 5.14 Å². The number of carbonyl (C=O) groups excluding carboxylic acids is 1. The number of hydrogen-bond acceptors (Lipinski definition) is 4. The molecule has 0 spiro atoms. The molecule has 0 aliphatic rings. The number of carbonyl (C=O) groups is 1. The highest BCUT2D eigenvalue weighted by Gasteiger charge is 2.17. The number of primary sulfonamides is 1. The van der Waals surface area contributed by atoms with Crippen LogP contribution >= 0.6 is 11.6 Å². The lowest BCUT2D eigenvalue weighted by Gasteiger charge is -2.15. The van der Waals surface area contributed by atoms with Gasteiger partial charge in [-0.15, -0.1) is 0 Å². The number of rotatable bonds is 6. The quantitative estimate of drug-likeness (QED) is 0.824. The van der Waals surface area contributed by atoms with Crippen LogP contribution in [0.2, 0.25) is 5.02 Å². The Kier molecular flexibility index (Phi) is 5.79. The summed E-state index contributed by atoms with van der Waals surface area (Å²) < 4.78 is 27.7. The maximum Gasteiger partial charge on any atom is 0.260 e. The Morgan fingerprint density at radius 1 is 1.50 bits per heavy atom. The molecule has 0 aromatic heterocycles. The van der Waals surface area contributed by atoms with Gasteiger partial charge in [-0.25, -0.2) is 13.6 Å². The fourth-order valence-electron chi connectivity index (χ4n) is 1.39. The highest BCUT2D eigenvalue weighted by molar-refractivity contribution is 7.89. The number of nitrogens with one attached hydrogen (secondary N) is 1. The van der Waals surface area contributed by atoms with Crippen molar-refractivity contribution < 1.29 is 17.9 Å². The minimum Gasteiger partial charge on any atom is -0.479 e. The van der Waals surface area contributed by atoms with E-state index in [1.54, 1.807) is 6.92 Å². The molecular formula is C12H17ClN2O4S. The van der Waals surface area contributed by atoms with Gasteiger partial charge in [-0.3, -0.25) is 4.79 Å². The van der Waals surface area contributed by atoms with Crippen molar-refractivity contribution in [1.29, 1.82) is 0 Å². The zero-order valence-electron chi connectivity index (χ0n) is 11.2. The molecule has 6 nitrogen and oxygen atoms in total. The molecule has 20 heavy (non-hydrogen) atoms. The van der Waals surface area contributed by atoms with Crippen LogP contribution in [0.25, 0.3) is 0 Å². The predicted octanol–water partition coefficient (Wildman–Crippen LogP) is 1.28. The third kappa shape index (κ3) is 4.66. The molecule has 0 fully saturated rings. The minimum atomic E-state index is -3.82. The van der Waals surface area contributed by atoms with E-state index >= 15 is 0 Å². The fourth-order valence-corrected chi connectivity index (χ4v) is 2.22. The van der Waals surface area contributed by atoms with Gasteiger partial charge in [0.15, 0.2) is 6.10 Å². The molecule has 1 aromatic rings. The van der Waals surface area contributed by atoms with Crippen LogP contribution in [0.3, 0.4) is 0 Å². The third-order valence-corrected chi connectivity index (χ3v) is 3.66. The first kappa shape index (κ1) is 16.7. The van der Waals surface area contributed by atoms with Gasteiger partial charge in [0, 0.05) is 6.54 Å². The Labute approximate surface area is 123 Å². The van der Waals surface area contributed by atoms with E-state index in [0.29, 0.717) is 6.54 Å². The normalized spacial score (nSPS) is 12.8. The number of ether oxygens (including phenoxy) is 1. The highest BCUT2D eigenvalue weighted by Crippen LogP contribution is 2.27. The van der Waals surface area contributed by atoms with Gasteiger partial charge >= 0.3 is 0 Å². The molecule has 3 N–H and O–H groups in total. The van der Waals surface area contributed by atoms with Crippen LogP contribution in [0.15, 0.2) is 23.1 Å². The number of benzene rings is 1. The molecular weight excluding hydrogens is 304 g/mol. The molecule has 1 atom stereocenters. The first-order valence-electron chi connectivity index (χ1n) is 6.02. The molecule has 0 saturated heterocycles. The maximum atomic E-state index is 11.6. The standard InChI is InChI=1S/C12H17ClN2O4S/c1-3-6-15-12(16)8(2)19-11-5-4-9(7-10(11)13)20(14,17)18/h4-5,7-8H,3,6H2,1-2H3,(H,15,16)(H2,14,17,18). The summed E-state index contributed by atoms with van der Waals surface area (Å²) in [5.74, 6) is -0.0448. The average molecular weight is 321 g/mol. The topological polar surface area (TPSA) is 98.5 Å². The lowest BCUT2D eigenvalue weighted by atomic mass is 10.3. The molecule has 8 heteroatoms. The average Bonchev–Trinajstić information content (AvgIpc) is 2.36. The molecule has 0 aliphatic carbocycles. The van der Waals surface area contributed by atoms with Crippen LogP contribution in [0.4, 0.5) is 0 Å². The SMILES string of the molecule is CCCNC(=O)C(C)Oc1ccc(S(N)(=O)=O)cc1Cl. The summed E-state index contributed by atoms with van der Waals surface area (Å²) in [5.41, 5.74) is 0. The lowest BCUT2D eigenvalue weighted by molar-refractivity contribution is -0.127. The summed E-state index contributed by atoms with van der Waals surface area (Å²) in [6, 6.07) is 3.82. The van der Waals surface area contributed by atoms with Crippen molar-refractivity contribution in [3.8, 4) is 5.75 Å². The van der Waals surface area contributed by atoms with E-state index in [1.807, 2.05) is 6.92 Å². The second kappa shape index (κ2) is 6.92. The van der Waals surface area contributed by atoms with Crippen molar-refractivity contribution >= 4 is 27.5 Å². The summed E-state index contributed by atoms with van der Waals surface area (Å²) in [6.45, 7) is 4.08. The number of hydrogen-bond donors (Lipinski definition) is 2. The van der Waals surface area contributed by atoms with Crippen LogP contribution in [-0.4, -0.2) is 27.0 Å². The van der Waals surface area contributed by atoms with Gasteiger partial charge in [0.25, 0.3) is 5.91 Å². The van der Waals surface area contributed by atoms with Crippen molar-refractivity contribution in [2.75, 3.05) is 6.54 Å². The van der Waals surface area contributed by atoms with E-state index in [1.165, 1.54) is 18.2 Å². The molecule has 1 amide bonds. The molecule has 1 rings (SSSR count). The van der Waals surface area contributed by atoms with Crippen molar-refractivity contribution in [1.82, 2.24) is 5.32 Å². The Hall–Kier alpha value is -1.31. The molecule has 0 heterocycles. The second-order valence-corrected chi connectivity index (χ2v) is 6.16. The zero-order valence-corrected chi connectivity index (χ0v) is 12.8. The molecule has 1 aromatic carbocycles. The van der Waals surface area contributed by atoms with Gasteiger partial charge < -0.3 is 10.1 Å². The molecule has 0 saturated carbocycles. The van der Waals surface area contributed by atoms with Crippen molar-refractivity contribution in [3.63, 3.8) is 0 Å². The van der Waals surface area contributed by atoms with E-state index in [-0.39, 0.29) is 21.6 Å². The van der Waals surface area contributed by atoms with Crippen molar-refractivity contribution in [2.45, 2.75) is 31.3 Å². The van der Waals surface area contributed by atoms with Crippen LogP contribution in [0.5, 0.6) is 5.75 Å². The Morgan fingerprint density at radius 2 is 2.15 bits per heavy atom. The van der Waals surface area contributed by atoms with Gasteiger partial charge in [-0.05, 0) is 31.5 Å². The Balaban J connectivity index is 2.81. The minimum absolute atomic E-state index is 0.0756. The first-order valence-corrected chi connectivity index (χ1v) is 7.95. The monoisotopic (exact) mass is 320 g/mol. The van der Waals surface area contributed by atoms with Gasteiger partial charge in [-0.1, -0.05) is 18.5 Å². The largest absolute Gasteiger partial charge is 0.479 e. The van der Waals surface area contributed by atoms with Gasteiger partial charge in [0.1, 0.15) is 5.75 Å². The summed E-state index contributed by atoms with van der Waals surface area (Å²) in [4.78, 5) is 11.5. The van der Waals surface area contributed by atoms with E-state index in [0.717, 1.165) is 6.42 Å². The van der Waals surface area contributed by atoms with E-state index < -0.39 is 16.1 Å². The van der Waals surface area contributed by atoms with Gasteiger partial charge in [0.2, 0.25) is 10.0 Å². The molecule has 1 unspecified atom stereocenters. The summed E-state index contributed by atoms with van der Waals surface area (Å²) >= 11 is 5.91. The van der Waals surface area contributed by atoms with E-state index in [2.05, 4.69) is 5.32 Å². The Morgan fingerprint density at radius 3 is 2.65 bits per heavy atom. The van der Waals surface area contributed by atoms with E-state index in [4.69, 9.17) is 21.5 Å². The number of sulfonamides is 1. The highest BCUT2D eigenvalue weighted by atomic mass is 35.5. The van der Waals surface area contributed by atoms with Gasteiger partial charge in [-0.2, -0.15) is 0 Å². The summed E-state index contributed by atoms with van der Waals surface area (Å²) in [6.07, 6.45) is 0.0850. The summed E-state index contributed by atoms with van der Waals surface area (Å²) in [5, 5.41) is 7.75. The number of halogens is 1. The number of nitrogens with two attached hydrogens (primary N) is 1. The molecule has 0 radical (unpaired) electrons.